The molecule has 110 valence electrons. The first-order valence-corrected chi connectivity index (χ1v) is 6.65. The molecule has 1 saturated carbocycles. The van der Waals surface area contributed by atoms with Gasteiger partial charge in [0.2, 0.25) is 0 Å². The second-order valence-electron chi connectivity index (χ2n) is 5.47. The Bertz CT molecular complexity index is 479. The Hall–Kier alpha value is -1.39. The molecular weight excluding hydrogens is 272 g/mol. The predicted octanol–water partition coefficient (Wildman–Crippen LogP) is 4.69. The van der Waals surface area contributed by atoms with Crippen LogP contribution < -0.4 is 0 Å². The molecule has 0 unspecified atom stereocenters. The van der Waals surface area contributed by atoms with Gasteiger partial charge in [0.1, 0.15) is 5.82 Å². The van der Waals surface area contributed by atoms with Crippen molar-refractivity contribution >= 4 is 5.78 Å². The number of alkyl halides is 3. The van der Waals surface area contributed by atoms with E-state index in [1.54, 1.807) is 13.0 Å². The zero-order valence-corrected chi connectivity index (χ0v) is 11.1. The molecule has 0 bridgehead atoms. The van der Waals surface area contributed by atoms with E-state index < -0.39 is 23.8 Å². The van der Waals surface area contributed by atoms with E-state index in [0.717, 1.165) is 6.07 Å². The monoisotopic (exact) mass is 288 g/mol. The van der Waals surface area contributed by atoms with Crippen LogP contribution in [0.15, 0.2) is 18.2 Å². The Kier molecular flexibility index (Phi) is 4.16. The smallest absolute Gasteiger partial charge is 0.294 e. The summed E-state index contributed by atoms with van der Waals surface area (Å²) in [6, 6.07) is 4.06. The summed E-state index contributed by atoms with van der Waals surface area (Å²) in [4.78, 5) is 12.2. The Morgan fingerprint density at radius 1 is 1.10 bits per heavy atom. The van der Waals surface area contributed by atoms with Crippen LogP contribution in [-0.2, 0) is 0 Å². The van der Waals surface area contributed by atoms with Crippen LogP contribution in [0.3, 0.4) is 0 Å². The van der Waals surface area contributed by atoms with Crippen molar-refractivity contribution in [2.45, 2.75) is 38.8 Å². The fourth-order valence-corrected chi connectivity index (χ4v) is 2.80. The predicted molar refractivity (Wildman–Crippen MR) is 67.0 cm³/mol. The maximum atomic E-state index is 13.3. The lowest BCUT2D eigenvalue weighted by atomic mass is 9.78. The molecule has 0 saturated heterocycles. The molecule has 0 spiro atoms. The zero-order chi connectivity index (χ0) is 14.9. The van der Waals surface area contributed by atoms with Gasteiger partial charge in [-0.15, -0.1) is 0 Å². The van der Waals surface area contributed by atoms with Crippen molar-refractivity contribution < 1.29 is 22.4 Å². The number of hydrogen-bond acceptors (Lipinski definition) is 1. The van der Waals surface area contributed by atoms with Crippen LogP contribution in [0.5, 0.6) is 0 Å². The zero-order valence-electron chi connectivity index (χ0n) is 11.1. The minimum atomic E-state index is -4.18. The highest BCUT2D eigenvalue weighted by Gasteiger charge is 2.42. The number of carbonyl (C=O) groups excluding carboxylic acids is 1. The van der Waals surface area contributed by atoms with Gasteiger partial charge in [-0.3, -0.25) is 4.79 Å². The van der Waals surface area contributed by atoms with Gasteiger partial charge in [-0.05, 0) is 56.4 Å². The van der Waals surface area contributed by atoms with Gasteiger partial charge in [-0.2, -0.15) is 13.2 Å². The number of benzene rings is 1. The van der Waals surface area contributed by atoms with Gasteiger partial charge < -0.3 is 0 Å². The fourth-order valence-electron chi connectivity index (χ4n) is 2.80. The largest absolute Gasteiger partial charge is 0.391 e. The van der Waals surface area contributed by atoms with Crippen LogP contribution >= 0.6 is 0 Å². The highest BCUT2D eigenvalue weighted by Crippen LogP contribution is 2.40. The summed E-state index contributed by atoms with van der Waals surface area (Å²) < 4.78 is 51.0. The summed E-state index contributed by atoms with van der Waals surface area (Å²) >= 11 is 0. The Balaban J connectivity index is 2.05. The number of ketones is 1. The van der Waals surface area contributed by atoms with Crippen molar-refractivity contribution in [1.82, 2.24) is 0 Å². The molecule has 0 atom stereocenters. The first kappa shape index (κ1) is 15.0. The molecule has 20 heavy (non-hydrogen) atoms. The number of carbonyl (C=O) groups is 1. The standard InChI is InChI=1S/C15H16F4O/c1-9-6-11(8-13(16)7-9)14(20)10-2-4-12(5-3-10)15(17,18)19/h6-8,10,12H,2-5H2,1H3. The third-order valence-corrected chi connectivity index (χ3v) is 3.89. The van der Waals surface area contributed by atoms with Crippen LogP contribution in [0, 0.1) is 24.6 Å². The van der Waals surface area contributed by atoms with Crippen molar-refractivity contribution in [3.8, 4) is 0 Å². The fraction of sp³-hybridized carbons (Fsp3) is 0.533. The highest BCUT2D eigenvalue weighted by atomic mass is 19.4. The quantitative estimate of drug-likeness (QED) is 0.570. The molecule has 2 rings (SSSR count). The Morgan fingerprint density at radius 2 is 1.70 bits per heavy atom. The second-order valence-corrected chi connectivity index (χ2v) is 5.47. The van der Waals surface area contributed by atoms with E-state index in [-0.39, 0.29) is 37.0 Å². The van der Waals surface area contributed by atoms with E-state index in [9.17, 15) is 22.4 Å². The summed E-state index contributed by atoms with van der Waals surface area (Å²) in [5.74, 6) is -2.46. The molecule has 5 heteroatoms. The van der Waals surface area contributed by atoms with Crippen LogP contribution in [-0.4, -0.2) is 12.0 Å². The lowest BCUT2D eigenvalue weighted by Crippen LogP contribution is -2.30. The van der Waals surface area contributed by atoms with Gasteiger partial charge in [0.15, 0.2) is 5.78 Å². The van der Waals surface area contributed by atoms with Crippen molar-refractivity contribution in [1.29, 1.82) is 0 Å². The lowest BCUT2D eigenvalue weighted by molar-refractivity contribution is -0.183. The molecule has 0 amide bonds. The topological polar surface area (TPSA) is 17.1 Å². The average Bonchev–Trinajstić information content (AvgIpc) is 2.36. The Morgan fingerprint density at radius 3 is 2.20 bits per heavy atom. The summed E-state index contributed by atoms with van der Waals surface area (Å²) in [6.45, 7) is 1.68. The van der Waals surface area contributed by atoms with Gasteiger partial charge in [0.05, 0.1) is 5.92 Å². The minimum absolute atomic E-state index is 0.0196. The van der Waals surface area contributed by atoms with E-state index in [4.69, 9.17) is 0 Å². The first-order valence-electron chi connectivity index (χ1n) is 6.65. The average molecular weight is 288 g/mol. The number of Topliss-reactive ketones (excluding diaryl/α,β-unsaturated/α-hetero) is 1. The van der Waals surface area contributed by atoms with Gasteiger partial charge in [-0.1, -0.05) is 0 Å². The summed E-state index contributed by atoms with van der Waals surface area (Å²) in [7, 11) is 0. The van der Waals surface area contributed by atoms with Crippen LogP contribution in [0.2, 0.25) is 0 Å². The molecule has 1 aliphatic rings. The van der Waals surface area contributed by atoms with Gasteiger partial charge in [-0.25, -0.2) is 4.39 Å². The number of aryl methyl sites for hydroxylation is 1. The summed E-state index contributed by atoms with van der Waals surface area (Å²) in [6.07, 6.45) is -3.77. The van der Waals surface area contributed by atoms with Crippen molar-refractivity contribution in [3.05, 3.63) is 35.1 Å². The number of rotatable bonds is 2. The summed E-state index contributed by atoms with van der Waals surface area (Å²) in [5.41, 5.74) is 0.898. The van der Waals surface area contributed by atoms with E-state index >= 15 is 0 Å². The third-order valence-electron chi connectivity index (χ3n) is 3.89. The maximum Gasteiger partial charge on any atom is 0.391 e. The molecule has 0 aliphatic heterocycles. The van der Waals surface area contributed by atoms with E-state index in [1.165, 1.54) is 6.07 Å². The van der Waals surface area contributed by atoms with Gasteiger partial charge >= 0.3 is 6.18 Å². The summed E-state index contributed by atoms with van der Waals surface area (Å²) in [5, 5.41) is 0. The molecule has 1 aromatic carbocycles. The lowest BCUT2D eigenvalue weighted by Gasteiger charge is -2.29. The third kappa shape index (κ3) is 3.38. The molecular formula is C15H16F4O. The van der Waals surface area contributed by atoms with Crippen molar-refractivity contribution in [2.75, 3.05) is 0 Å². The first-order chi connectivity index (χ1) is 9.27. The Labute approximate surface area is 115 Å². The van der Waals surface area contributed by atoms with Crippen molar-refractivity contribution in [3.63, 3.8) is 0 Å². The molecule has 1 aromatic rings. The molecule has 1 fully saturated rings. The molecule has 0 heterocycles. The number of hydrogen-bond donors (Lipinski definition) is 0. The van der Waals surface area contributed by atoms with Crippen LogP contribution in [0.4, 0.5) is 17.6 Å². The highest BCUT2D eigenvalue weighted by molar-refractivity contribution is 5.98. The van der Waals surface area contributed by atoms with E-state index in [0.29, 0.717) is 5.56 Å². The van der Waals surface area contributed by atoms with Gasteiger partial charge in [0, 0.05) is 11.5 Å². The van der Waals surface area contributed by atoms with E-state index in [2.05, 4.69) is 0 Å². The molecule has 1 nitrogen and oxygen atoms in total. The van der Waals surface area contributed by atoms with E-state index in [1.807, 2.05) is 0 Å². The molecule has 0 N–H and O–H groups in total. The van der Waals surface area contributed by atoms with Gasteiger partial charge in [0.25, 0.3) is 0 Å². The minimum Gasteiger partial charge on any atom is -0.294 e. The molecule has 1 aliphatic carbocycles. The SMILES string of the molecule is Cc1cc(F)cc(C(=O)C2CCC(C(F)(F)F)CC2)c1. The molecule has 0 aromatic heterocycles. The van der Waals surface area contributed by atoms with Crippen molar-refractivity contribution in [2.24, 2.45) is 11.8 Å². The van der Waals surface area contributed by atoms with Crippen LogP contribution in [0.25, 0.3) is 0 Å². The van der Waals surface area contributed by atoms with Crippen LogP contribution in [0.1, 0.15) is 41.6 Å². The maximum absolute atomic E-state index is 13.3. The molecule has 0 radical (unpaired) electrons. The number of halogens is 4. The second kappa shape index (κ2) is 5.54. The normalized spacial score (nSPS) is 23.6.